The molecule has 0 aliphatic carbocycles. The Kier molecular flexibility index (Phi) is 8.48. The zero-order chi connectivity index (χ0) is 25.1. The van der Waals surface area contributed by atoms with E-state index in [4.69, 9.17) is 0 Å². The molecule has 0 spiro atoms. The van der Waals surface area contributed by atoms with Gasteiger partial charge in [0.25, 0.3) is 11.8 Å². The number of hydrazine groups is 1. The molecule has 0 saturated carbocycles. The Labute approximate surface area is 195 Å². The third-order valence-electron chi connectivity index (χ3n) is 5.44. The van der Waals surface area contributed by atoms with Crippen LogP contribution in [0.15, 0.2) is 36.4 Å². The molecule has 0 saturated heterocycles. The molecule has 0 unspecified atom stereocenters. The van der Waals surface area contributed by atoms with Crippen molar-refractivity contribution in [3.63, 3.8) is 0 Å². The van der Waals surface area contributed by atoms with E-state index in [0.29, 0.717) is 17.5 Å². The van der Waals surface area contributed by atoms with E-state index in [9.17, 15) is 29.7 Å². The molecule has 8 nitrogen and oxygen atoms in total. The summed E-state index contributed by atoms with van der Waals surface area (Å²) in [5, 5.41) is 39.5. The van der Waals surface area contributed by atoms with Crippen LogP contribution < -0.4 is 16.4 Å². The molecule has 2 aromatic rings. The second-order valence-electron chi connectivity index (χ2n) is 9.42. The Morgan fingerprint density at radius 1 is 0.879 bits per heavy atom. The van der Waals surface area contributed by atoms with E-state index in [0.717, 1.165) is 0 Å². The van der Waals surface area contributed by atoms with Gasteiger partial charge in [0.15, 0.2) is 0 Å². The summed E-state index contributed by atoms with van der Waals surface area (Å²) in [5.41, 5.74) is 4.37. The van der Waals surface area contributed by atoms with Crippen LogP contribution in [0.5, 0.6) is 0 Å². The van der Waals surface area contributed by atoms with Gasteiger partial charge in [0.2, 0.25) is 0 Å². The maximum Gasteiger partial charge on any atom is 0.488 e. The maximum atomic E-state index is 13.6. The van der Waals surface area contributed by atoms with Crippen LogP contribution in [0.1, 0.15) is 66.0 Å². The van der Waals surface area contributed by atoms with Crippen molar-refractivity contribution in [2.75, 3.05) is 0 Å². The largest absolute Gasteiger partial charge is 0.488 e. The molecule has 0 radical (unpaired) electrons. The van der Waals surface area contributed by atoms with Crippen molar-refractivity contribution in [1.82, 2.24) is 10.4 Å². The standard InChI is InChI=1S/C23H32B2N2O6/c1-7-20(23(4,5)6)27(22(29)17-9-15(3)11-19(13-17)25(32)33)26-21(28)16-8-14(2)10-18(12-16)24(30)31/h8-13,20,30-33H,7H2,1-6H3,(H,26,28)/t20-/m1/s1. The predicted octanol–water partition coefficient (Wildman–Crippen LogP) is 0.275. The SMILES string of the molecule is CC[C@@H](N(NC(=O)c1cc(C)cc(B(O)O)c1)C(=O)c1cc(C)cc(B(O)O)c1)C(C)(C)C. The molecular weight excluding hydrogens is 422 g/mol. The van der Waals surface area contributed by atoms with Gasteiger partial charge in [-0.15, -0.1) is 0 Å². The Morgan fingerprint density at radius 3 is 1.76 bits per heavy atom. The lowest BCUT2D eigenvalue weighted by molar-refractivity contribution is 0.0285. The zero-order valence-electron chi connectivity index (χ0n) is 20.0. The van der Waals surface area contributed by atoms with Gasteiger partial charge in [0.05, 0.1) is 6.04 Å². The number of hydrogen-bond donors (Lipinski definition) is 5. The van der Waals surface area contributed by atoms with Crippen LogP contribution in [0.4, 0.5) is 0 Å². The van der Waals surface area contributed by atoms with Crippen molar-refractivity contribution in [2.45, 2.75) is 54.0 Å². The van der Waals surface area contributed by atoms with Gasteiger partial charge in [0, 0.05) is 11.1 Å². The summed E-state index contributed by atoms with van der Waals surface area (Å²) >= 11 is 0. The number of aryl methyl sites for hydroxylation is 2. The normalized spacial score (nSPS) is 12.2. The zero-order valence-corrected chi connectivity index (χ0v) is 20.0. The highest BCUT2D eigenvalue weighted by molar-refractivity contribution is 6.59. The third kappa shape index (κ3) is 6.68. The Balaban J connectivity index is 2.52. The van der Waals surface area contributed by atoms with Gasteiger partial charge in [0.1, 0.15) is 0 Å². The lowest BCUT2D eigenvalue weighted by atomic mass is 9.78. The molecule has 5 N–H and O–H groups in total. The van der Waals surface area contributed by atoms with E-state index in [1.165, 1.54) is 17.1 Å². The van der Waals surface area contributed by atoms with E-state index in [1.807, 2.05) is 27.7 Å². The molecule has 0 aliphatic rings. The first-order chi connectivity index (χ1) is 15.2. The molecule has 33 heavy (non-hydrogen) atoms. The quantitative estimate of drug-likeness (QED) is 0.315. The summed E-state index contributed by atoms with van der Waals surface area (Å²) in [6, 6.07) is 8.71. The van der Waals surface area contributed by atoms with Crippen LogP contribution in [-0.2, 0) is 0 Å². The van der Waals surface area contributed by atoms with Gasteiger partial charge in [-0.1, -0.05) is 51.0 Å². The summed E-state index contributed by atoms with van der Waals surface area (Å²) in [6.45, 7) is 11.2. The first-order valence-corrected chi connectivity index (χ1v) is 10.8. The van der Waals surface area contributed by atoms with Crippen molar-refractivity contribution < 1.29 is 29.7 Å². The molecule has 2 aromatic carbocycles. The van der Waals surface area contributed by atoms with Crippen molar-refractivity contribution in [2.24, 2.45) is 5.41 Å². The van der Waals surface area contributed by atoms with Crippen LogP contribution >= 0.6 is 0 Å². The molecule has 0 aliphatic heterocycles. The lowest BCUT2D eigenvalue weighted by Crippen LogP contribution is -2.56. The van der Waals surface area contributed by atoms with Crippen LogP contribution in [0.2, 0.25) is 0 Å². The van der Waals surface area contributed by atoms with Crippen molar-refractivity contribution in [3.8, 4) is 0 Å². The van der Waals surface area contributed by atoms with E-state index in [2.05, 4.69) is 5.43 Å². The average Bonchev–Trinajstić information content (AvgIpc) is 2.70. The van der Waals surface area contributed by atoms with Gasteiger partial charge < -0.3 is 20.1 Å². The van der Waals surface area contributed by atoms with E-state index in [-0.39, 0.29) is 33.5 Å². The molecule has 0 fully saturated rings. The second kappa shape index (κ2) is 10.5. The fraction of sp³-hybridized carbons (Fsp3) is 0.391. The van der Waals surface area contributed by atoms with Gasteiger partial charge in [-0.2, -0.15) is 0 Å². The van der Waals surface area contributed by atoms with Crippen LogP contribution in [0.25, 0.3) is 0 Å². The molecule has 1 atom stereocenters. The van der Waals surface area contributed by atoms with Crippen molar-refractivity contribution in [3.05, 3.63) is 58.7 Å². The number of hydrogen-bond acceptors (Lipinski definition) is 6. The number of amides is 2. The van der Waals surface area contributed by atoms with E-state index in [1.54, 1.807) is 38.1 Å². The summed E-state index contributed by atoms with van der Waals surface area (Å²) in [6.07, 6.45) is 0.547. The number of nitrogens with one attached hydrogen (secondary N) is 1. The number of carbonyl (C=O) groups is 2. The molecule has 0 aromatic heterocycles. The second-order valence-corrected chi connectivity index (χ2v) is 9.42. The topological polar surface area (TPSA) is 130 Å². The molecule has 10 heteroatoms. The van der Waals surface area contributed by atoms with Crippen molar-refractivity contribution in [1.29, 1.82) is 0 Å². The molecule has 0 bridgehead atoms. The van der Waals surface area contributed by atoms with E-state index < -0.39 is 26.1 Å². The van der Waals surface area contributed by atoms with Gasteiger partial charge in [-0.05, 0) is 60.9 Å². The summed E-state index contributed by atoms with van der Waals surface area (Å²) in [5.74, 6) is -1.07. The minimum Gasteiger partial charge on any atom is -0.423 e. The molecule has 176 valence electrons. The van der Waals surface area contributed by atoms with Crippen LogP contribution in [0.3, 0.4) is 0 Å². The molecular formula is C23H32B2N2O6. The van der Waals surface area contributed by atoms with Crippen LogP contribution in [-0.4, -0.2) is 57.2 Å². The minimum atomic E-state index is -1.74. The Morgan fingerprint density at radius 2 is 1.33 bits per heavy atom. The number of benzene rings is 2. The summed E-state index contributed by atoms with van der Waals surface area (Å²) in [7, 11) is -3.47. The molecule has 2 rings (SSSR count). The smallest absolute Gasteiger partial charge is 0.423 e. The summed E-state index contributed by atoms with van der Waals surface area (Å²) < 4.78 is 0. The van der Waals surface area contributed by atoms with Gasteiger partial charge >= 0.3 is 14.2 Å². The van der Waals surface area contributed by atoms with Gasteiger partial charge in [-0.25, -0.2) is 5.01 Å². The first-order valence-electron chi connectivity index (χ1n) is 10.8. The van der Waals surface area contributed by atoms with Gasteiger partial charge in [-0.3, -0.25) is 15.0 Å². The van der Waals surface area contributed by atoms with Crippen molar-refractivity contribution >= 4 is 37.0 Å². The number of nitrogens with zero attached hydrogens (tertiary/aromatic N) is 1. The molecule has 2 amide bonds. The fourth-order valence-corrected chi connectivity index (χ4v) is 3.94. The minimum absolute atomic E-state index is 0.168. The third-order valence-corrected chi connectivity index (χ3v) is 5.44. The fourth-order valence-electron chi connectivity index (χ4n) is 3.94. The highest BCUT2D eigenvalue weighted by atomic mass is 16.4. The molecule has 0 heterocycles. The highest BCUT2D eigenvalue weighted by Gasteiger charge is 2.35. The lowest BCUT2D eigenvalue weighted by Gasteiger charge is -2.39. The monoisotopic (exact) mass is 454 g/mol. The van der Waals surface area contributed by atoms with E-state index >= 15 is 0 Å². The van der Waals surface area contributed by atoms with Crippen LogP contribution in [0, 0.1) is 19.3 Å². The Bertz CT molecular complexity index is 1020. The Hall–Kier alpha value is -2.65. The highest BCUT2D eigenvalue weighted by Crippen LogP contribution is 2.27. The maximum absolute atomic E-state index is 13.6. The average molecular weight is 454 g/mol. The number of carbonyl (C=O) groups excluding carboxylic acids is 2. The first kappa shape index (κ1) is 26.6. The summed E-state index contributed by atoms with van der Waals surface area (Å²) in [4.78, 5) is 26.8. The number of rotatable bonds is 6. The predicted molar refractivity (Wildman–Crippen MR) is 129 cm³/mol.